The van der Waals surface area contributed by atoms with Crippen LogP contribution in [0, 0.1) is 11.3 Å². The predicted octanol–water partition coefficient (Wildman–Crippen LogP) is 4.63. The maximum Gasteiger partial charge on any atom is 0.387 e. The van der Waals surface area contributed by atoms with Crippen LogP contribution >= 0.6 is 0 Å². The standard InChI is InChI=1S/C21H20F2N2O4/c1-3-27-17-10-6-5-9-16(17)25-20(26)15(13-24)12-14-8-7-11-18(28-4-2)19(14)29-21(22)23/h5-12,21H,3-4H2,1-2H3,(H,25,26)/b15-12+. The predicted molar refractivity (Wildman–Crippen MR) is 104 cm³/mol. The minimum atomic E-state index is -3.10. The summed E-state index contributed by atoms with van der Waals surface area (Å²) in [4.78, 5) is 12.6. The zero-order valence-corrected chi connectivity index (χ0v) is 15.9. The Morgan fingerprint density at radius 2 is 1.76 bits per heavy atom. The van der Waals surface area contributed by atoms with E-state index >= 15 is 0 Å². The van der Waals surface area contributed by atoms with Crippen LogP contribution in [0.1, 0.15) is 19.4 Å². The van der Waals surface area contributed by atoms with Crippen molar-refractivity contribution in [1.82, 2.24) is 0 Å². The van der Waals surface area contributed by atoms with E-state index in [1.807, 2.05) is 0 Å². The monoisotopic (exact) mass is 402 g/mol. The number of nitriles is 1. The number of amides is 1. The van der Waals surface area contributed by atoms with Gasteiger partial charge in [-0.3, -0.25) is 4.79 Å². The van der Waals surface area contributed by atoms with Gasteiger partial charge in [0.25, 0.3) is 5.91 Å². The van der Waals surface area contributed by atoms with Crippen LogP contribution in [0.25, 0.3) is 6.08 Å². The SMILES string of the molecule is CCOc1ccccc1NC(=O)/C(C#N)=C/c1cccc(OCC)c1OC(F)F. The Kier molecular flexibility index (Phi) is 7.98. The average Bonchev–Trinajstić information content (AvgIpc) is 2.69. The van der Waals surface area contributed by atoms with Crippen LogP contribution in [-0.2, 0) is 4.79 Å². The summed E-state index contributed by atoms with van der Waals surface area (Å²) in [6, 6.07) is 13.0. The van der Waals surface area contributed by atoms with Crippen LogP contribution < -0.4 is 19.5 Å². The van der Waals surface area contributed by atoms with Crippen LogP contribution in [0.4, 0.5) is 14.5 Å². The molecule has 1 N–H and O–H groups in total. The van der Waals surface area contributed by atoms with E-state index in [0.717, 1.165) is 0 Å². The lowest BCUT2D eigenvalue weighted by atomic mass is 10.1. The fourth-order valence-corrected chi connectivity index (χ4v) is 2.48. The van der Waals surface area contributed by atoms with Gasteiger partial charge in [-0.2, -0.15) is 14.0 Å². The number of halogens is 2. The van der Waals surface area contributed by atoms with Gasteiger partial charge < -0.3 is 19.5 Å². The molecule has 0 unspecified atom stereocenters. The first-order valence-corrected chi connectivity index (χ1v) is 8.85. The molecule has 0 aliphatic carbocycles. The fraction of sp³-hybridized carbons (Fsp3) is 0.238. The first-order valence-electron chi connectivity index (χ1n) is 8.85. The number of hydrogen-bond donors (Lipinski definition) is 1. The van der Waals surface area contributed by atoms with E-state index in [4.69, 9.17) is 9.47 Å². The van der Waals surface area contributed by atoms with Crippen molar-refractivity contribution in [2.75, 3.05) is 18.5 Å². The molecule has 0 bridgehead atoms. The van der Waals surface area contributed by atoms with E-state index in [9.17, 15) is 18.8 Å². The molecule has 0 saturated carbocycles. The average molecular weight is 402 g/mol. The molecule has 152 valence electrons. The van der Waals surface area contributed by atoms with E-state index < -0.39 is 12.5 Å². The highest BCUT2D eigenvalue weighted by Gasteiger charge is 2.18. The highest BCUT2D eigenvalue weighted by atomic mass is 19.3. The van der Waals surface area contributed by atoms with Gasteiger partial charge in [0, 0.05) is 5.56 Å². The van der Waals surface area contributed by atoms with Crippen molar-refractivity contribution < 1.29 is 27.8 Å². The van der Waals surface area contributed by atoms with Gasteiger partial charge in [0.2, 0.25) is 0 Å². The van der Waals surface area contributed by atoms with Crippen molar-refractivity contribution in [3.63, 3.8) is 0 Å². The van der Waals surface area contributed by atoms with E-state index in [1.165, 1.54) is 18.2 Å². The molecule has 0 saturated heterocycles. The van der Waals surface area contributed by atoms with E-state index in [2.05, 4.69) is 10.1 Å². The van der Waals surface area contributed by atoms with Gasteiger partial charge in [-0.1, -0.05) is 24.3 Å². The quantitative estimate of drug-likeness (QED) is 0.489. The fourth-order valence-electron chi connectivity index (χ4n) is 2.48. The summed E-state index contributed by atoms with van der Waals surface area (Å²) < 4.78 is 41.0. The number of alkyl halides is 2. The first kappa shape index (κ1) is 21.7. The lowest BCUT2D eigenvalue weighted by molar-refractivity contribution is -0.112. The molecule has 8 heteroatoms. The number of para-hydroxylation sites is 3. The summed E-state index contributed by atoms with van der Waals surface area (Å²) in [7, 11) is 0. The number of ether oxygens (including phenoxy) is 3. The Bertz CT molecular complexity index is 923. The number of nitrogens with one attached hydrogen (secondary N) is 1. The Labute approximate surface area is 167 Å². The van der Waals surface area contributed by atoms with Crippen LogP contribution in [-0.4, -0.2) is 25.7 Å². The summed E-state index contributed by atoms with van der Waals surface area (Å²) >= 11 is 0. The molecule has 2 rings (SSSR count). The molecule has 0 spiro atoms. The van der Waals surface area contributed by atoms with Crippen molar-refractivity contribution >= 4 is 17.7 Å². The summed E-state index contributed by atoms with van der Waals surface area (Å²) in [6.45, 7) is 1.02. The van der Waals surface area contributed by atoms with Gasteiger partial charge in [-0.05, 0) is 38.1 Å². The second-order valence-electron chi connectivity index (χ2n) is 5.54. The molecule has 2 aromatic carbocycles. The lowest BCUT2D eigenvalue weighted by Gasteiger charge is -2.14. The Hall–Kier alpha value is -3.60. The lowest BCUT2D eigenvalue weighted by Crippen LogP contribution is -2.14. The molecular formula is C21H20F2N2O4. The maximum atomic E-state index is 12.8. The van der Waals surface area contributed by atoms with Crippen LogP contribution in [0.3, 0.4) is 0 Å². The van der Waals surface area contributed by atoms with Gasteiger partial charge >= 0.3 is 6.61 Å². The second-order valence-corrected chi connectivity index (χ2v) is 5.54. The third-order valence-electron chi connectivity index (χ3n) is 3.62. The van der Waals surface area contributed by atoms with Crippen molar-refractivity contribution in [1.29, 1.82) is 5.26 Å². The third-order valence-corrected chi connectivity index (χ3v) is 3.62. The smallest absolute Gasteiger partial charge is 0.387 e. The van der Waals surface area contributed by atoms with E-state index in [1.54, 1.807) is 50.2 Å². The second kappa shape index (κ2) is 10.7. The van der Waals surface area contributed by atoms with Crippen molar-refractivity contribution in [2.24, 2.45) is 0 Å². The van der Waals surface area contributed by atoms with Crippen LogP contribution in [0.5, 0.6) is 17.2 Å². The molecule has 1 amide bonds. The molecule has 0 heterocycles. The van der Waals surface area contributed by atoms with Crippen LogP contribution in [0.15, 0.2) is 48.0 Å². The van der Waals surface area contributed by atoms with Gasteiger partial charge in [0.1, 0.15) is 17.4 Å². The topological polar surface area (TPSA) is 80.6 Å². The number of anilines is 1. The largest absolute Gasteiger partial charge is 0.492 e. The van der Waals surface area contributed by atoms with Crippen molar-refractivity contribution in [2.45, 2.75) is 20.5 Å². The molecule has 29 heavy (non-hydrogen) atoms. The zero-order chi connectivity index (χ0) is 21.2. The van der Waals surface area contributed by atoms with Gasteiger partial charge in [-0.15, -0.1) is 0 Å². The normalized spacial score (nSPS) is 11.0. The van der Waals surface area contributed by atoms with E-state index in [-0.39, 0.29) is 29.2 Å². The molecule has 2 aromatic rings. The Morgan fingerprint density at radius 1 is 1.10 bits per heavy atom. The Morgan fingerprint density at radius 3 is 2.41 bits per heavy atom. The molecule has 0 aromatic heterocycles. The summed E-state index contributed by atoms with van der Waals surface area (Å²) in [5.74, 6) is -0.439. The van der Waals surface area contributed by atoms with Gasteiger partial charge in [0.05, 0.1) is 18.9 Å². The highest BCUT2D eigenvalue weighted by Crippen LogP contribution is 2.34. The summed E-state index contributed by atoms with van der Waals surface area (Å²) in [5.41, 5.74) is 0.192. The number of nitrogens with zero attached hydrogens (tertiary/aromatic N) is 1. The number of rotatable bonds is 9. The van der Waals surface area contributed by atoms with Gasteiger partial charge in [0.15, 0.2) is 11.5 Å². The minimum Gasteiger partial charge on any atom is -0.492 e. The Balaban J connectivity index is 2.38. The minimum absolute atomic E-state index is 0.0842. The zero-order valence-electron chi connectivity index (χ0n) is 15.9. The highest BCUT2D eigenvalue weighted by molar-refractivity contribution is 6.10. The number of carbonyl (C=O) groups is 1. The molecule has 0 aliphatic heterocycles. The third kappa shape index (κ3) is 5.94. The molecule has 0 atom stereocenters. The summed E-state index contributed by atoms with van der Waals surface area (Å²) in [5, 5.41) is 12.0. The van der Waals surface area contributed by atoms with Crippen LogP contribution in [0.2, 0.25) is 0 Å². The molecule has 6 nitrogen and oxygen atoms in total. The van der Waals surface area contributed by atoms with Crippen molar-refractivity contribution in [3.05, 3.63) is 53.6 Å². The number of hydrogen-bond acceptors (Lipinski definition) is 5. The molecular weight excluding hydrogens is 382 g/mol. The maximum absolute atomic E-state index is 12.8. The molecule has 0 fully saturated rings. The van der Waals surface area contributed by atoms with Gasteiger partial charge in [-0.25, -0.2) is 0 Å². The summed E-state index contributed by atoms with van der Waals surface area (Å²) in [6.07, 6.45) is 1.17. The number of carbonyl (C=O) groups excluding carboxylic acids is 1. The number of benzene rings is 2. The molecule has 0 aliphatic rings. The first-order chi connectivity index (χ1) is 14.0. The van der Waals surface area contributed by atoms with Crippen molar-refractivity contribution in [3.8, 4) is 23.3 Å². The molecule has 0 radical (unpaired) electrons. The van der Waals surface area contributed by atoms with E-state index in [0.29, 0.717) is 18.0 Å².